The van der Waals surface area contributed by atoms with Gasteiger partial charge in [-0.1, -0.05) is 27.7 Å². The molecule has 486 valence electrons. The molecule has 4 aliphatic carbocycles. The molecule has 10 rings (SSSR count). The van der Waals surface area contributed by atoms with Crippen molar-refractivity contribution in [1.82, 2.24) is 0 Å². The summed E-state index contributed by atoms with van der Waals surface area (Å²) in [7, 11) is 0. The van der Waals surface area contributed by atoms with Crippen LogP contribution in [0.2, 0.25) is 0 Å². The molecule has 28 heteroatoms. The first-order chi connectivity index (χ1) is 39.8. The largest absolute Gasteiger partial charge is 0.394 e. The van der Waals surface area contributed by atoms with Gasteiger partial charge in [-0.2, -0.15) is 0 Å². The molecule has 0 unspecified atom stereocenters. The molecule has 28 nitrogen and oxygen atoms in total. The SMILES string of the molecule is C[C@@H](CC[C@@]1(O)O[C@H]2C[C@H]3[C@@H]4CC[C@@H]5C[C@@H](O[C@@H]6O[C@H](CO)[C@@H](O[C@@H]7O[C@H](CO[C@@H]8OC[C@@H](O)[C@H](O)[C@H]8O)[C@@H](O[C@@H]8O[C@H](CO)[C@H](O)[C@H](O)[C@H]8O)[C@H](O)[C@H]7O)[C@H](O)[C@H]6O)CC[C@]5(C)[C@H]4CC[C@]3(C)[C@H]2[C@@H]1C)CO[C@@H]1O[C@H](CO)[C@@H](O)[C@H](O)[C@H]1O. The Bertz CT molecular complexity index is 2140. The van der Waals surface area contributed by atoms with Gasteiger partial charge in [0.1, 0.15) is 116 Å². The fourth-order valence-electron chi connectivity index (χ4n) is 16.8. The second-order valence-electron chi connectivity index (χ2n) is 26.7. The number of hydrogen-bond donors (Lipinski definition) is 17. The maximum absolute atomic E-state index is 12.1. The summed E-state index contributed by atoms with van der Waals surface area (Å²) in [6, 6.07) is 0. The fraction of sp³-hybridized carbons (Fsp3) is 1.00. The third kappa shape index (κ3) is 12.2. The molecule has 84 heavy (non-hydrogen) atoms. The van der Waals surface area contributed by atoms with Crippen molar-refractivity contribution in [1.29, 1.82) is 0 Å². The van der Waals surface area contributed by atoms with Crippen molar-refractivity contribution >= 4 is 0 Å². The van der Waals surface area contributed by atoms with Gasteiger partial charge in [-0.3, -0.25) is 0 Å². The van der Waals surface area contributed by atoms with Gasteiger partial charge < -0.3 is 139 Å². The summed E-state index contributed by atoms with van der Waals surface area (Å²) in [6.45, 7) is 5.71. The lowest BCUT2D eigenvalue weighted by Gasteiger charge is -2.61. The minimum absolute atomic E-state index is 0.0128. The van der Waals surface area contributed by atoms with E-state index >= 15 is 0 Å². The van der Waals surface area contributed by atoms with Crippen molar-refractivity contribution in [2.45, 2.75) is 257 Å². The van der Waals surface area contributed by atoms with Crippen LogP contribution in [-0.2, 0) is 52.1 Å². The van der Waals surface area contributed by atoms with E-state index in [1.165, 1.54) is 0 Å². The number of hydrogen-bond acceptors (Lipinski definition) is 28. The zero-order valence-electron chi connectivity index (χ0n) is 48.0. The lowest BCUT2D eigenvalue weighted by atomic mass is 9.44. The molecular weight excluding hydrogens is 1120 g/mol. The van der Waals surface area contributed by atoms with E-state index in [2.05, 4.69) is 20.8 Å². The second kappa shape index (κ2) is 26.2. The molecular formula is C56H94O28. The van der Waals surface area contributed by atoms with Crippen molar-refractivity contribution in [3.63, 3.8) is 0 Å². The van der Waals surface area contributed by atoms with Gasteiger partial charge >= 0.3 is 0 Å². The maximum atomic E-state index is 12.1. The number of aliphatic hydroxyl groups excluding tert-OH is 16. The van der Waals surface area contributed by atoms with Crippen LogP contribution in [0.25, 0.3) is 0 Å². The van der Waals surface area contributed by atoms with E-state index in [-0.39, 0.29) is 53.3 Å². The topological polar surface area (TPSA) is 445 Å². The Morgan fingerprint density at radius 1 is 0.524 bits per heavy atom. The van der Waals surface area contributed by atoms with Crippen LogP contribution >= 0.6 is 0 Å². The van der Waals surface area contributed by atoms with Crippen LogP contribution < -0.4 is 0 Å². The zero-order valence-corrected chi connectivity index (χ0v) is 48.0. The van der Waals surface area contributed by atoms with Crippen molar-refractivity contribution in [3.8, 4) is 0 Å². The molecule has 4 saturated carbocycles. The zero-order chi connectivity index (χ0) is 60.6. The van der Waals surface area contributed by atoms with Gasteiger partial charge in [0.05, 0.1) is 51.8 Å². The highest BCUT2D eigenvalue weighted by molar-refractivity contribution is 5.15. The summed E-state index contributed by atoms with van der Waals surface area (Å²) in [5.41, 5.74) is -0.0602. The van der Waals surface area contributed by atoms with Crippen LogP contribution in [0.3, 0.4) is 0 Å². The van der Waals surface area contributed by atoms with Crippen LogP contribution in [0.1, 0.15) is 91.9 Å². The van der Waals surface area contributed by atoms with Crippen molar-refractivity contribution < 1.29 is 139 Å². The van der Waals surface area contributed by atoms with Crippen molar-refractivity contribution in [3.05, 3.63) is 0 Å². The summed E-state index contributed by atoms with van der Waals surface area (Å²) in [4.78, 5) is 0. The third-order valence-electron chi connectivity index (χ3n) is 21.8. The Morgan fingerprint density at radius 2 is 1.06 bits per heavy atom. The first-order valence-electron chi connectivity index (χ1n) is 30.3. The van der Waals surface area contributed by atoms with Crippen molar-refractivity contribution in [2.24, 2.45) is 52.3 Å². The molecule has 0 aromatic rings. The summed E-state index contributed by atoms with van der Waals surface area (Å²) in [5, 5.41) is 181. The number of ether oxygens (including phenoxy) is 11. The Labute approximate surface area is 487 Å². The molecule has 10 fully saturated rings. The Morgan fingerprint density at radius 3 is 1.69 bits per heavy atom. The average Bonchev–Trinajstić information content (AvgIpc) is 3.28. The van der Waals surface area contributed by atoms with Crippen LogP contribution in [0.5, 0.6) is 0 Å². The smallest absolute Gasteiger partial charge is 0.187 e. The number of rotatable bonds is 18. The van der Waals surface area contributed by atoms with Crippen LogP contribution in [0.4, 0.5) is 0 Å². The summed E-state index contributed by atoms with van der Waals surface area (Å²) >= 11 is 0. The second-order valence-corrected chi connectivity index (χ2v) is 26.7. The lowest BCUT2D eigenvalue weighted by molar-refractivity contribution is -0.385. The van der Waals surface area contributed by atoms with Gasteiger partial charge in [-0.25, -0.2) is 0 Å². The summed E-state index contributed by atoms with van der Waals surface area (Å²) in [6.07, 6.45) is -32.0. The predicted molar refractivity (Wildman–Crippen MR) is 278 cm³/mol. The van der Waals surface area contributed by atoms with E-state index in [9.17, 15) is 86.8 Å². The molecule has 6 aliphatic heterocycles. The van der Waals surface area contributed by atoms with Gasteiger partial charge in [0.15, 0.2) is 37.2 Å². The number of aliphatic hydroxyl groups is 17. The molecule has 0 aromatic carbocycles. The average molecular weight is 1220 g/mol. The van der Waals surface area contributed by atoms with E-state index < -0.39 is 186 Å². The molecule has 0 spiro atoms. The third-order valence-corrected chi connectivity index (χ3v) is 21.8. The fourth-order valence-corrected chi connectivity index (χ4v) is 16.8. The van der Waals surface area contributed by atoms with Gasteiger partial charge in [-0.05, 0) is 104 Å². The highest BCUT2D eigenvalue weighted by Crippen LogP contribution is 2.71. The van der Waals surface area contributed by atoms with E-state index in [1.807, 2.05) is 6.92 Å². The Hall–Kier alpha value is -1.12. The van der Waals surface area contributed by atoms with E-state index in [1.54, 1.807) is 0 Å². The normalized spacial score (nSPS) is 55.4. The molecule has 17 N–H and O–H groups in total. The minimum atomic E-state index is -2.05. The van der Waals surface area contributed by atoms with Crippen LogP contribution in [-0.4, -0.2) is 292 Å². The molecule has 0 radical (unpaired) electrons. The predicted octanol–water partition coefficient (Wildman–Crippen LogP) is -5.49. The molecule has 6 saturated heterocycles. The van der Waals surface area contributed by atoms with Crippen LogP contribution in [0, 0.1) is 52.3 Å². The molecule has 36 atom stereocenters. The molecule has 10 aliphatic rings. The Balaban J connectivity index is 0.731. The monoisotopic (exact) mass is 1210 g/mol. The van der Waals surface area contributed by atoms with E-state index in [0.717, 1.165) is 38.5 Å². The highest BCUT2D eigenvalue weighted by atomic mass is 16.8. The Kier molecular flexibility index (Phi) is 20.6. The highest BCUT2D eigenvalue weighted by Gasteiger charge is 2.69. The van der Waals surface area contributed by atoms with Crippen LogP contribution in [0.15, 0.2) is 0 Å². The first-order valence-corrected chi connectivity index (χ1v) is 30.3. The van der Waals surface area contributed by atoms with Crippen molar-refractivity contribution in [2.75, 3.05) is 39.6 Å². The van der Waals surface area contributed by atoms with E-state index in [4.69, 9.17) is 52.1 Å². The molecule has 0 aromatic heterocycles. The van der Waals surface area contributed by atoms with E-state index in [0.29, 0.717) is 43.4 Å². The quantitative estimate of drug-likeness (QED) is 0.0569. The molecule has 6 heterocycles. The molecule has 0 bridgehead atoms. The maximum Gasteiger partial charge on any atom is 0.187 e. The summed E-state index contributed by atoms with van der Waals surface area (Å²) < 4.78 is 65.0. The molecule has 0 amide bonds. The van der Waals surface area contributed by atoms with Gasteiger partial charge in [0.25, 0.3) is 0 Å². The van der Waals surface area contributed by atoms with Gasteiger partial charge in [-0.15, -0.1) is 0 Å². The lowest BCUT2D eigenvalue weighted by Crippen LogP contribution is -2.67. The van der Waals surface area contributed by atoms with Gasteiger partial charge in [0, 0.05) is 12.3 Å². The number of fused-ring (bicyclic) bond motifs is 7. The van der Waals surface area contributed by atoms with Gasteiger partial charge in [0.2, 0.25) is 0 Å². The minimum Gasteiger partial charge on any atom is -0.394 e. The first kappa shape index (κ1) is 65.8. The standard InChI is InChI=1S/C56H94O28/c1-21(18-74-50-43(69)38(64)36(62)30(15-57)78-50)7-12-56(73)22(2)34-29(84-56)14-27-25-6-5-23-13-24(8-10-54(23,3)26(25)9-11-55(27,34)4)77-51-45(71)40(66)47(32(17-59)80-51)82-53-46(72)41(67)48(83-52-44(70)39(65)37(63)31(16-58)79-52)33(81-53)20-76-49-42(68)35(61)28(60)19-75-49/h21-53,57-73H,5-20H2,1-4H3/t21-,22-,23+,24-,25+,26-,27-,28+,29-,30+,31+,32+,33+,34-,35-,36+,37-,38-,39-,40+,41+,42+,43+,44+,45+,46+,47+,48+,49-,50+,51+,52-,53-,54-,55-,56+/m0/s1. The summed E-state index contributed by atoms with van der Waals surface area (Å²) in [5.74, 6) is 0.166.